The van der Waals surface area contributed by atoms with Crippen LogP contribution in [0.15, 0.2) is 4.99 Å². The number of ether oxygens (including phenoxy) is 1. The summed E-state index contributed by atoms with van der Waals surface area (Å²) in [5.74, 6) is 6.19. The SMILES string of the molecule is CC#CC1=N[C@@H](C(C)(C)C)CO1. The van der Waals surface area contributed by atoms with Crippen molar-refractivity contribution in [2.75, 3.05) is 6.61 Å². The van der Waals surface area contributed by atoms with E-state index in [2.05, 4.69) is 37.6 Å². The number of aliphatic imine (C=N–C) groups is 1. The van der Waals surface area contributed by atoms with E-state index in [-0.39, 0.29) is 11.5 Å². The highest BCUT2D eigenvalue weighted by atomic mass is 16.5. The molecule has 0 amide bonds. The molecule has 1 aliphatic heterocycles. The molecule has 0 bridgehead atoms. The van der Waals surface area contributed by atoms with Crippen molar-refractivity contribution in [1.82, 2.24) is 0 Å². The van der Waals surface area contributed by atoms with Crippen molar-refractivity contribution >= 4 is 5.90 Å². The van der Waals surface area contributed by atoms with Crippen molar-refractivity contribution in [2.45, 2.75) is 33.7 Å². The molecule has 0 saturated carbocycles. The monoisotopic (exact) mass is 165 g/mol. The number of hydrogen-bond acceptors (Lipinski definition) is 2. The van der Waals surface area contributed by atoms with Gasteiger partial charge in [0.15, 0.2) is 0 Å². The lowest BCUT2D eigenvalue weighted by Crippen LogP contribution is -2.25. The summed E-state index contributed by atoms with van der Waals surface area (Å²) in [6.07, 6.45) is 0. The molecule has 0 N–H and O–H groups in total. The Balaban J connectivity index is 2.69. The highest BCUT2D eigenvalue weighted by Gasteiger charge is 2.29. The van der Waals surface area contributed by atoms with E-state index in [9.17, 15) is 0 Å². The van der Waals surface area contributed by atoms with Crippen molar-refractivity contribution in [2.24, 2.45) is 10.4 Å². The van der Waals surface area contributed by atoms with Gasteiger partial charge in [-0.2, -0.15) is 0 Å². The topological polar surface area (TPSA) is 21.6 Å². The summed E-state index contributed by atoms with van der Waals surface area (Å²) in [5, 5.41) is 0. The van der Waals surface area contributed by atoms with Gasteiger partial charge in [-0.3, -0.25) is 0 Å². The number of rotatable bonds is 0. The molecular formula is C10H15NO. The Morgan fingerprint density at radius 2 is 2.17 bits per heavy atom. The van der Waals surface area contributed by atoms with Gasteiger partial charge in [0, 0.05) is 0 Å². The van der Waals surface area contributed by atoms with Gasteiger partial charge in [-0.25, -0.2) is 4.99 Å². The van der Waals surface area contributed by atoms with Gasteiger partial charge in [0.25, 0.3) is 5.90 Å². The summed E-state index contributed by atoms with van der Waals surface area (Å²) in [5.41, 5.74) is 0.178. The summed E-state index contributed by atoms with van der Waals surface area (Å²) in [4.78, 5) is 4.37. The van der Waals surface area contributed by atoms with Crippen LogP contribution >= 0.6 is 0 Å². The third kappa shape index (κ3) is 2.01. The molecule has 0 fully saturated rings. The van der Waals surface area contributed by atoms with Crippen LogP contribution in [0.2, 0.25) is 0 Å². The van der Waals surface area contributed by atoms with E-state index < -0.39 is 0 Å². The molecule has 0 aromatic rings. The lowest BCUT2D eigenvalue weighted by molar-refractivity contribution is 0.236. The molecule has 1 rings (SSSR count). The van der Waals surface area contributed by atoms with Gasteiger partial charge in [-0.05, 0) is 18.3 Å². The Morgan fingerprint density at radius 3 is 2.58 bits per heavy atom. The molecule has 2 nitrogen and oxygen atoms in total. The third-order valence-electron chi connectivity index (χ3n) is 1.88. The zero-order valence-corrected chi connectivity index (χ0v) is 8.14. The minimum atomic E-state index is 0.178. The Kier molecular flexibility index (Phi) is 2.42. The van der Waals surface area contributed by atoms with Gasteiger partial charge in [-0.1, -0.05) is 26.7 Å². The van der Waals surface area contributed by atoms with E-state index in [1.165, 1.54) is 0 Å². The molecule has 0 spiro atoms. The Bertz CT molecular complexity index is 249. The average Bonchev–Trinajstić information content (AvgIpc) is 2.35. The standard InChI is InChI=1S/C10H15NO/c1-5-6-9-11-8(7-12-9)10(2,3)4/h8H,7H2,1-4H3/t8-/m1/s1. The normalized spacial score (nSPS) is 22.3. The smallest absolute Gasteiger partial charge is 0.263 e. The van der Waals surface area contributed by atoms with E-state index in [1.807, 2.05) is 0 Å². The summed E-state index contributed by atoms with van der Waals surface area (Å²) in [6, 6.07) is 0.258. The van der Waals surface area contributed by atoms with Crippen molar-refractivity contribution in [3.8, 4) is 11.8 Å². The first-order valence-corrected chi connectivity index (χ1v) is 4.17. The van der Waals surface area contributed by atoms with Crippen molar-refractivity contribution in [3.63, 3.8) is 0 Å². The maximum Gasteiger partial charge on any atom is 0.263 e. The van der Waals surface area contributed by atoms with Crippen LogP contribution in [-0.4, -0.2) is 18.5 Å². The number of nitrogens with zero attached hydrogens (tertiary/aromatic N) is 1. The van der Waals surface area contributed by atoms with Gasteiger partial charge in [0.1, 0.15) is 6.61 Å². The van der Waals surface area contributed by atoms with Crippen LogP contribution in [0.25, 0.3) is 0 Å². The molecule has 1 aliphatic rings. The lowest BCUT2D eigenvalue weighted by Gasteiger charge is -2.21. The van der Waals surface area contributed by atoms with E-state index in [0.29, 0.717) is 12.5 Å². The fraction of sp³-hybridized carbons (Fsp3) is 0.700. The van der Waals surface area contributed by atoms with E-state index in [1.54, 1.807) is 6.92 Å². The summed E-state index contributed by atoms with van der Waals surface area (Å²) in [7, 11) is 0. The van der Waals surface area contributed by atoms with Gasteiger partial charge in [0.2, 0.25) is 0 Å². The van der Waals surface area contributed by atoms with Gasteiger partial charge < -0.3 is 4.74 Å². The molecule has 0 aromatic carbocycles. The second-order valence-corrected chi connectivity index (χ2v) is 4.00. The summed E-state index contributed by atoms with van der Waals surface area (Å²) < 4.78 is 5.31. The zero-order valence-electron chi connectivity index (χ0n) is 8.14. The van der Waals surface area contributed by atoms with Crippen LogP contribution in [0.3, 0.4) is 0 Å². The van der Waals surface area contributed by atoms with Crippen LogP contribution in [0.4, 0.5) is 0 Å². The highest BCUT2D eigenvalue weighted by Crippen LogP contribution is 2.25. The van der Waals surface area contributed by atoms with Crippen LogP contribution in [0.5, 0.6) is 0 Å². The second kappa shape index (κ2) is 3.18. The predicted octanol–water partition coefficient (Wildman–Crippen LogP) is 1.85. The van der Waals surface area contributed by atoms with Gasteiger partial charge >= 0.3 is 0 Å². The van der Waals surface area contributed by atoms with Gasteiger partial charge in [-0.15, -0.1) is 0 Å². The van der Waals surface area contributed by atoms with Crippen molar-refractivity contribution < 1.29 is 4.74 Å². The molecule has 0 unspecified atom stereocenters. The molecule has 0 aliphatic carbocycles. The molecular weight excluding hydrogens is 150 g/mol. The maximum atomic E-state index is 5.31. The van der Waals surface area contributed by atoms with Crippen LogP contribution < -0.4 is 0 Å². The molecule has 1 heterocycles. The molecule has 0 radical (unpaired) electrons. The first-order chi connectivity index (χ1) is 5.54. The first-order valence-electron chi connectivity index (χ1n) is 4.17. The number of hydrogen-bond donors (Lipinski definition) is 0. The van der Waals surface area contributed by atoms with E-state index in [0.717, 1.165) is 0 Å². The van der Waals surface area contributed by atoms with Crippen LogP contribution in [-0.2, 0) is 4.74 Å². The lowest BCUT2D eigenvalue weighted by atomic mass is 9.88. The van der Waals surface area contributed by atoms with Crippen LogP contribution in [0.1, 0.15) is 27.7 Å². The Hall–Kier alpha value is -0.970. The molecule has 0 saturated heterocycles. The van der Waals surface area contributed by atoms with Crippen molar-refractivity contribution in [1.29, 1.82) is 0 Å². The Morgan fingerprint density at radius 1 is 1.50 bits per heavy atom. The van der Waals surface area contributed by atoms with E-state index >= 15 is 0 Å². The molecule has 2 heteroatoms. The quantitative estimate of drug-likeness (QED) is 0.502. The summed E-state index contributed by atoms with van der Waals surface area (Å²) >= 11 is 0. The van der Waals surface area contributed by atoms with E-state index in [4.69, 9.17) is 4.74 Å². The minimum absolute atomic E-state index is 0.178. The summed E-state index contributed by atoms with van der Waals surface area (Å²) in [6.45, 7) is 8.94. The third-order valence-corrected chi connectivity index (χ3v) is 1.88. The second-order valence-electron chi connectivity index (χ2n) is 4.00. The highest BCUT2D eigenvalue weighted by molar-refractivity contribution is 5.94. The fourth-order valence-electron chi connectivity index (χ4n) is 0.993. The molecule has 66 valence electrons. The maximum absolute atomic E-state index is 5.31. The van der Waals surface area contributed by atoms with Crippen LogP contribution in [0, 0.1) is 17.3 Å². The molecule has 0 aromatic heterocycles. The van der Waals surface area contributed by atoms with Gasteiger partial charge in [0.05, 0.1) is 6.04 Å². The first kappa shape index (κ1) is 9.12. The molecule has 1 atom stereocenters. The molecule has 12 heavy (non-hydrogen) atoms. The predicted molar refractivity (Wildman–Crippen MR) is 50.1 cm³/mol. The average molecular weight is 165 g/mol. The minimum Gasteiger partial charge on any atom is -0.469 e. The Labute approximate surface area is 74.0 Å². The van der Waals surface area contributed by atoms with Crippen molar-refractivity contribution in [3.05, 3.63) is 0 Å². The largest absolute Gasteiger partial charge is 0.469 e. The zero-order chi connectivity index (χ0) is 9.19. The fourth-order valence-corrected chi connectivity index (χ4v) is 0.993.